The van der Waals surface area contributed by atoms with Gasteiger partial charge in [-0.15, -0.1) is 0 Å². The van der Waals surface area contributed by atoms with Crippen molar-refractivity contribution in [3.8, 4) is 5.95 Å². The van der Waals surface area contributed by atoms with Gasteiger partial charge in [0.1, 0.15) is 5.82 Å². The third-order valence-electron chi connectivity index (χ3n) is 4.68. The van der Waals surface area contributed by atoms with Crippen LogP contribution in [0.1, 0.15) is 36.5 Å². The van der Waals surface area contributed by atoms with Crippen LogP contribution in [0.4, 0.5) is 5.82 Å². The van der Waals surface area contributed by atoms with Gasteiger partial charge in [-0.3, -0.25) is 23.9 Å². The summed E-state index contributed by atoms with van der Waals surface area (Å²) >= 11 is 1.47. The Labute approximate surface area is 175 Å². The smallest absolute Gasteiger partial charge is 0.254 e. The molecule has 0 saturated carbocycles. The standard InChI is InChI=1S/C19H21N7O3S/c1-4-12-7-15(27)23-18(21-12)26-14(5-11(3)24-26)22-16(28)8-13-9-30-19-20-10(2)6-17(29)25(13)19/h5-7,13H,4,8-9H2,1-3H3,(H,22,28)(H,21,23,27). The number of carbonyl (C=O) groups excluding carboxylic acids is 1. The number of H-pyrrole nitrogens is 1. The number of aromatic amines is 1. The summed E-state index contributed by atoms with van der Waals surface area (Å²) in [4.78, 5) is 48.4. The molecule has 0 spiro atoms. The molecular weight excluding hydrogens is 406 g/mol. The predicted octanol–water partition coefficient (Wildman–Crippen LogP) is 1.37. The van der Waals surface area contributed by atoms with Crippen molar-refractivity contribution >= 4 is 23.5 Å². The zero-order chi connectivity index (χ0) is 21.4. The normalized spacial score (nSPS) is 15.2. The first-order chi connectivity index (χ1) is 14.3. The van der Waals surface area contributed by atoms with Gasteiger partial charge in [-0.1, -0.05) is 18.7 Å². The molecule has 1 atom stereocenters. The molecule has 1 aliphatic heterocycles. The van der Waals surface area contributed by atoms with Crippen LogP contribution in [0, 0.1) is 13.8 Å². The molecule has 1 aliphatic rings. The first-order valence-corrected chi connectivity index (χ1v) is 10.5. The Balaban J connectivity index is 1.57. The van der Waals surface area contributed by atoms with E-state index in [1.54, 1.807) is 24.5 Å². The van der Waals surface area contributed by atoms with Crippen LogP contribution in [0.25, 0.3) is 5.95 Å². The number of fused-ring (bicyclic) bond motifs is 1. The lowest BCUT2D eigenvalue weighted by atomic mass is 10.2. The molecule has 1 unspecified atom stereocenters. The number of amides is 1. The first kappa shape index (κ1) is 20.1. The molecule has 0 aromatic carbocycles. The molecule has 3 aromatic rings. The number of hydrogen-bond donors (Lipinski definition) is 2. The second-order valence-electron chi connectivity index (χ2n) is 7.10. The first-order valence-electron chi connectivity index (χ1n) is 9.54. The Morgan fingerprint density at radius 3 is 2.80 bits per heavy atom. The van der Waals surface area contributed by atoms with Crippen LogP contribution in [-0.2, 0) is 11.2 Å². The quantitative estimate of drug-likeness (QED) is 0.589. The van der Waals surface area contributed by atoms with Gasteiger partial charge in [0, 0.05) is 41.8 Å². The third-order valence-corrected chi connectivity index (χ3v) is 5.78. The summed E-state index contributed by atoms with van der Waals surface area (Å²) in [7, 11) is 0. The van der Waals surface area contributed by atoms with Crippen molar-refractivity contribution < 1.29 is 4.79 Å². The minimum atomic E-state index is -0.288. The highest BCUT2D eigenvalue weighted by molar-refractivity contribution is 7.99. The highest BCUT2D eigenvalue weighted by Crippen LogP contribution is 2.32. The Hall–Kier alpha value is -3.21. The van der Waals surface area contributed by atoms with Crippen LogP contribution in [-0.4, -0.2) is 41.0 Å². The lowest BCUT2D eigenvalue weighted by molar-refractivity contribution is -0.116. The molecule has 4 heterocycles. The molecular formula is C19H21N7O3S. The highest BCUT2D eigenvalue weighted by Gasteiger charge is 2.28. The second-order valence-corrected chi connectivity index (χ2v) is 8.09. The SMILES string of the molecule is CCc1cc(=O)[nH]c(-n2nc(C)cc2NC(=O)CC2CSc3nc(C)cc(=O)n32)n1. The highest BCUT2D eigenvalue weighted by atomic mass is 32.2. The fraction of sp³-hybridized carbons (Fsp3) is 0.368. The van der Waals surface area contributed by atoms with Gasteiger partial charge in [-0.2, -0.15) is 9.78 Å². The molecule has 11 heteroatoms. The number of carbonyl (C=O) groups is 1. The summed E-state index contributed by atoms with van der Waals surface area (Å²) in [6.45, 7) is 5.46. The Bertz CT molecular complexity index is 1240. The number of nitrogens with one attached hydrogen (secondary N) is 2. The van der Waals surface area contributed by atoms with Gasteiger partial charge in [-0.05, 0) is 20.3 Å². The van der Waals surface area contributed by atoms with E-state index in [0.29, 0.717) is 40.2 Å². The third kappa shape index (κ3) is 3.92. The molecule has 156 valence electrons. The Morgan fingerprint density at radius 1 is 1.23 bits per heavy atom. The molecule has 10 nitrogen and oxygen atoms in total. The zero-order valence-corrected chi connectivity index (χ0v) is 17.6. The largest absolute Gasteiger partial charge is 0.310 e. The molecule has 30 heavy (non-hydrogen) atoms. The predicted molar refractivity (Wildman–Crippen MR) is 112 cm³/mol. The fourth-order valence-electron chi connectivity index (χ4n) is 3.35. The molecule has 0 aliphatic carbocycles. The van der Waals surface area contributed by atoms with Crippen molar-refractivity contribution in [2.75, 3.05) is 11.1 Å². The van der Waals surface area contributed by atoms with Crippen LogP contribution in [0.15, 0.2) is 32.9 Å². The van der Waals surface area contributed by atoms with Crippen molar-refractivity contribution in [3.05, 3.63) is 56.0 Å². The van der Waals surface area contributed by atoms with E-state index >= 15 is 0 Å². The Kier molecular flexibility index (Phi) is 5.29. The number of aryl methyl sites for hydroxylation is 3. The summed E-state index contributed by atoms with van der Waals surface area (Å²) in [5, 5.41) is 7.81. The summed E-state index contributed by atoms with van der Waals surface area (Å²) < 4.78 is 2.98. The van der Waals surface area contributed by atoms with Crippen molar-refractivity contribution in [2.24, 2.45) is 0 Å². The van der Waals surface area contributed by atoms with E-state index in [0.717, 1.165) is 0 Å². The minimum absolute atomic E-state index is 0.119. The van der Waals surface area contributed by atoms with E-state index in [2.05, 4.69) is 25.4 Å². The monoisotopic (exact) mass is 427 g/mol. The van der Waals surface area contributed by atoms with Gasteiger partial charge in [0.2, 0.25) is 11.9 Å². The summed E-state index contributed by atoms with van der Waals surface area (Å²) in [6, 6.07) is 4.33. The van der Waals surface area contributed by atoms with Gasteiger partial charge >= 0.3 is 0 Å². The molecule has 0 radical (unpaired) electrons. The van der Waals surface area contributed by atoms with E-state index < -0.39 is 0 Å². The molecule has 4 rings (SSSR count). The van der Waals surface area contributed by atoms with Crippen molar-refractivity contribution in [3.63, 3.8) is 0 Å². The number of aromatic nitrogens is 6. The average Bonchev–Trinajstić information content (AvgIpc) is 3.24. The maximum atomic E-state index is 12.7. The number of rotatable bonds is 5. The van der Waals surface area contributed by atoms with Crippen LogP contribution in [0.5, 0.6) is 0 Å². The number of nitrogens with zero attached hydrogens (tertiary/aromatic N) is 5. The molecule has 0 saturated heterocycles. The van der Waals surface area contributed by atoms with Gasteiger partial charge in [0.15, 0.2) is 5.16 Å². The van der Waals surface area contributed by atoms with Crippen molar-refractivity contribution in [1.82, 2.24) is 29.3 Å². The fourth-order valence-corrected chi connectivity index (χ4v) is 4.54. The van der Waals surface area contributed by atoms with Gasteiger partial charge < -0.3 is 5.32 Å². The van der Waals surface area contributed by atoms with Crippen molar-refractivity contribution in [1.29, 1.82) is 0 Å². The zero-order valence-electron chi connectivity index (χ0n) is 16.8. The summed E-state index contributed by atoms with van der Waals surface area (Å²) in [5.41, 5.74) is 1.51. The second kappa shape index (κ2) is 7.90. The number of hydrogen-bond acceptors (Lipinski definition) is 7. The van der Waals surface area contributed by atoms with Gasteiger partial charge in [0.25, 0.3) is 11.1 Å². The Morgan fingerprint density at radius 2 is 2.03 bits per heavy atom. The molecule has 0 fully saturated rings. The lowest BCUT2D eigenvalue weighted by Gasteiger charge is -2.14. The van der Waals surface area contributed by atoms with E-state index in [4.69, 9.17) is 0 Å². The molecule has 2 N–H and O–H groups in total. The van der Waals surface area contributed by atoms with Crippen LogP contribution < -0.4 is 16.4 Å². The number of thioether (sulfide) groups is 1. The maximum Gasteiger partial charge on any atom is 0.254 e. The summed E-state index contributed by atoms with van der Waals surface area (Å²) in [5.74, 6) is 0.968. The van der Waals surface area contributed by atoms with E-state index in [1.165, 1.54) is 28.6 Å². The van der Waals surface area contributed by atoms with Gasteiger partial charge in [-0.25, -0.2) is 9.97 Å². The lowest BCUT2D eigenvalue weighted by Crippen LogP contribution is -2.28. The summed E-state index contributed by atoms with van der Waals surface area (Å²) in [6.07, 6.45) is 0.716. The van der Waals surface area contributed by atoms with E-state index in [-0.39, 0.29) is 35.4 Å². The molecule has 3 aromatic heterocycles. The van der Waals surface area contributed by atoms with Crippen LogP contribution >= 0.6 is 11.8 Å². The molecule has 0 bridgehead atoms. The van der Waals surface area contributed by atoms with Crippen molar-refractivity contribution in [2.45, 2.75) is 44.8 Å². The van der Waals surface area contributed by atoms with Gasteiger partial charge in [0.05, 0.1) is 11.7 Å². The topological polar surface area (TPSA) is 128 Å². The van der Waals surface area contributed by atoms with E-state index in [9.17, 15) is 14.4 Å². The minimum Gasteiger partial charge on any atom is -0.310 e. The van der Waals surface area contributed by atoms with Crippen LogP contribution in [0.2, 0.25) is 0 Å². The molecule has 1 amide bonds. The number of anilines is 1. The van der Waals surface area contributed by atoms with Crippen LogP contribution in [0.3, 0.4) is 0 Å². The maximum absolute atomic E-state index is 12.7. The average molecular weight is 427 g/mol. The van der Waals surface area contributed by atoms with E-state index in [1.807, 2.05) is 6.92 Å².